The monoisotopic (exact) mass is 1440 g/mol. The van der Waals surface area contributed by atoms with Crippen LogP contribution < -0.4 is 0 Å². The molecule has 0 bridgehead atoms. The maximum absolute atomic E-state index is 9.95. The zero-order chi connectivity index (χ0) is 72.2. The van der Waals surface area contributed by atoms with Crippen LogP contribution in [0.4, 0.5) is 5.69 Å². The second-order valence-electron chi connectivity index (χ2n) is 28.3. The van der Waals surface area contributed by atoms with E-state index in [2.05, 4.69) is 349 Å². The molecule has 7 aromatic heterocycles. The number of thiophene rings is 2. The molecule has 0 aliphatic carbocycles. The van der Waals surface area contributed by atoms with E-state index < -0.39 is 0 Å². The van der Waals surface area contributed by atoms with Crippen LogP contribution in [0.3, 0.4) is 0 Å². The minimum Gasteiger partial charge on any atom is -0.455 e. The van der Waals surface area contributed by atoms with Gasteiger partial charge in [-0.2, -0.15) is 0 Å². The van der Waals surface area contributed by atoms with Gasteiger partial charge in [-0.3, -0.25) is 0 Å². The Morgan fingerprint density at radius 2 is 0.636 bits per heavy atom. The maximum atomic E-state index is 9.95. The Labute approximate surface area is 637 Å². The third-order valence-electron chi connectivity index (χ3n) is 22.2. The lowest BCUT2D eigenvalue weighted by Gasteiger charge is -2.24. The molecule has 0 radical (unpaired) electrons. The molecule has 7 heterocycles. The fourth-order valence-electron chi connectivity index (χ4n) is 17.2. The van der Waals surface area contributed by atoms with Crippen molar-refractivity contribution in [1.82, 2.24) is 24.1 Å². The number of aromatic nitrogens is 5. The van der Waals surface area contributed by atoms with E-state index in [1.165, 1.54) is 20.2 Å². The lowest BCUT2D eigenvalue weighted by Crippen LogP contribution is -2.08. The molecule has 0 saturated carbocycles. The van der Waals surface area contributed by atoms with E-state index >= 15 is 0 Å². The molecule has 0 saturated heterocycles. The first-order valence-corrected chi connectivity index (χ1v) is 38.4. The molecule has 0 aliphatic heterocycles. The van der Waals surface area contributed by atoms with Crippen LogP contribution in [0.15, 0.2) is 349 Å². The highest BCUT2D eigenvalue weighted by Crippen LogP contribution is 2.54. The standard InChI is InChI=1S/C100H56N6O2S2/c1-101-80-57-79(100-103-98(73-37-21-35-71-67-33-17-19-39-87(67)109-96(71)73)102-99(104-100)74-38-22-36-72-68-34-18-20-40-88(68)110-97(72)74)92(105-81-47-41-63(58-23-7-2-8-24-58)55-77(81)90-83(105)49-45-69-75-53-65(60-27-11-4-12-28-60)43-51-85(75)107-94(69)90)89(62-31-15-6-16-32-62)93(80)106-82-48-42-64(59-25-9-3-10-26-59)56-78(82)91-84(106)50-46-70-76-54-66(61-29-13-5-14-30-61)44-52-86(76)108-95(70)91/h2-57H. The number of nitrogens with zero attached hydrogens (tertiary/aromatic N) is 6. The summed E-state index contributed by atoms with van der Waals surface area (Å²) in [4.78, 5) is 22.3. The van der Waals surface area contributed by atoms with Crippen molar-refractivity contribution in [2.45, 2.75) is 0 Å². The van der Waals surface area contributed by atoms with Crippen LogP contribution in [0.25, 0.3) is 234 Å². The average molecular weight is 1440 g/mol. The molecule has 8 nitrogen and oxygen atoms in total. The highest BCUT2D eigenvalue weighted by Gasteiger charge is 2.33. The van der Waals surface area contributed by atoms with E-state index in [1.54, 1.807) is 22.7 Å². The van der Waals surface area contributed by atoms with E-state index in [0.717, 1.165) is 180 Å². The van der Waals surface area contributed by atoms with Crippen molar-refractivity contribution in [3.63, 3.8) is 0 Å². The summed E-state index contributed by atoms with van der Waals surface area (Å²) in [5.41, 5.74) is 21.2. The number of benzene rings is 16. The molecule has 0 atom stereocenters. The van der Waals surface area contributed by atoms with Gasteiger partial charge in [0.15, 0.2) is 17.5 Å². The number of fused-ring (bicyclic) bond motifs is 20. The molecular formula is C100H56N6O2S2. The Morgan fingerprint density at radius 1 is 0.273 bits per heavy atom. The number of furan rings is 2. The summed E-state index contributed by atoms with van der Waals surface area (Å²) >= 11 is 3.49. The zero-order valence-corrected chi connectivity index (χ0v) is 60.3. The van der Waals surface area contributed by atoms with Crippen molar-refractivity contribution >= 4 is 156 Å². The van der Waals surface area contributed by atoms with E-state index in [-0.39, 0.29) is 0 Å². The lowest BCUT2D eigenvalue weighted by atomic mass is 9.94. The van der Waals surface area contributed by atoms with E-state index in [4.69, 9.17) is 28.6 Å². The highest BCUT2D eigenvalue weighted by molar-refractivity contribution is 7.26. The van der Waals surface area contributed by atoms with Gasteiger partial charge in [0.1, 0.15) is 22.3 Å². The number of rotatable bonds is 10. The molecule has 0 aliphatic rings. The second kappa shape index (κ2) is 24.4. The van der Waals surface area contributed by atoms with Gasteiger partial charge in [-0.1, -0.05) is 237 Å². The fraction of sp³-hybridized carbons (Fsp3) is 0. The molecule has 10 heteroatoms. The topological polar surface area (TPSA) is 79.2 Å². The summed E-state index contributed by atoms with van der Waals surface area (Å²) in [5, 5.41) is 12.4. The zero-order valence-electron chi connectivity index (χ0n) is 58.6. The van der Waals surface area contributed by atoms with Gasteiger partial charge in [0, 0.05) is 94.9 Å². The molecule has 0 amide bonds. The highest BCUT2D eigenvalue weighted by atomic mass is 32.1. The van der Waals surface area contributed by atoms with Crippen molar-refractivity contribution in [3.8, 4) is 101 Å². The van der Waals surface area contributed by atoms with Gasteiger partial charge in [0.25, 0.3) is 0 Å². The SMILES string of the molecule is [C-]#[N+]c1cc(-c2nc(-c3cccc4c3sc3ccccc34)nc(-c3cccc4c3sc3ccccc34)n2)c(-n2c3ccc(-c4ccccc4)cc3c3c4oc5ccc(-c6ccccc6)cc5c4ccc32)c(-c2ccccc2)c1-n1c2ccc(-c3ccccc3)cc2c2c3oc4ccc(-c5ccccc5)cc4c3ccc21. The van der Waals surface area contributed by atoms with Crippen molar-refractivity contribution in [1.29, 1.82) is 0 Å². The predicted molar refractivity (Wildman–Crippen MR) is 459 cm³/mol. The maximum Gasteiger partial charge on any atom is 0.212 e. The van der Waals surface area contributed by atoms with Gasteiger partial charge in [-0.15, -0.1) is 22.7 Å². The van der Waals surface area contributed by atoms with Crippen molar-refractivity contribution in [3.05, 3.63) is 351 Å². The molecule has 16 aromatic carbocycles. The van der Waals surface area contributed by atoms with Crippen LogP contribution in [0.2, 0.25) is 0 Å². The molecule has 510 valence electrons. The molecule has 0 unspecified atom stereocenters. The largest absolute Gasteiger partial charge is 0.455 e. The van der Waals surface area contributed by atoms with Crippen LogP contribution in [0.5, 0.6) is 0 Å². The molecule has 23 rings (SSSR count). The first-order valence-electron chi connectivity index (χ1n) is 36.8. The van der Waals surface area contributed by atoms with Gasteiger partial charge in [0.2, 0.25) is 5.69 Å². The quantitative estimate of drug-likeness (QED) is 0.128. The van der Waals surface area contributed by atoms with E-state index in [1.807, 2.05) is 0 Å². The van der Waals surface area contributed by atoms with Gasteiger partial charge in [0.05, 0.1) is 50.8 Å². The Balaban J connectivity index is 0.897. The first kappa shape index (κ1) is 61.9. The summed E-state index contributed by atoms with van der Waals surface area (Å²) in [5.74, 6) is 1.42. The Bertz CT molecular complexity index is 7710. The summed E-state index contributed by atoms with van der Waals surface area (Å²) in [6.45, 7) is 9.95. The van der Waals surface area contributed by atoms with Crippen LogP contribution >= 0.6 is 22.7 Å². The summed E-state index contributed by atoms with van der Waals surface area (Å²) in [6, 6.07) is 121. The summed E-state index contributed by atoms with van der Waals surface area (Å²) in [6.07, 6.45) is 0. The smallest absolute Gasteiger partial charge is 0.212 e. The Morgan fingerprint density at radius 3 is 1.07 bits per heavy atom. The van der Waals surface area contributed by atoms with E-state index in [0.29, 0.717) is 34.4 Å². The fourth-order valence-corrected chi connectivity index (χ4v) is 19.6. The second-order valence-corrected chi connectivity index (χ2v) is 30.4. The van der Waals surface area contributed by atoms with Crippen LogP contribution in [-0.4, -0.2) is 24.1 Å². The molecule has 110 heavy (non-hydrogen) atoms. The molecule has 0 N–H and O–H groups in total. The predicted octanol–water partition coefficient (Wildman–Crippen LogP) is 28.5. The lowest BCUT2D eigenvalue weighted by molar-refractivity contribution is 0.672. The summed E-state index contributed by atoms with van der Waals surface area (Å²) < 4.78 is 23.9. The van der Waals surface area contributed by atoms with Crippen LogP contribution in [0, 0.1) is 6.57 Å². The van der Waals surface area contributed by atoms with Crippen molar-refractivity contribution < 1.29 is 8.83 Å². The van der Waals surface area contributed by atoms with Crippen molar-refractivity contribution in [2.75, 3.05) is 0 Å². The van der Waals surface area contributed by atoms with Gasteiger partial charge in [-0.25, -0.2) is 19.8 Å². The third kappa shape index (κ3) is 9.45. The van der Waals surface area contributed by atoms with Gasteiger partial charge < -0.3 is 18.0 Å². The Kier molecular flexibility index (Phi) is 13.7. The van der Waals surface area contributed by atoms with E-state index in [9.17, 15) is 6.57 Å². The summed E-state index contributed by atoms with van der Waals surface area (Å²) in [7, 11) is 0. The normalized spacial score (nSPS) is 12.0. The van der Waals surface area contributed by atoms with Crippen molar-refractivity contribution in [2.24, 2.45) is 0 Å². The first-order chi connectivity index (χ1) is 54.5. The average Bonchev–Trinajstić information content (AvgIpc) is 1.52. The van der Waals surface area contributed by atoms with Gasteiger partial charge >= 0.3 is 0 Å². The number of hydrogen-bond donors (Lipinski definition) is 0. The Hall–Kier alpha value is -14.3. The molecule has 0 fully saturated rings. The minimum absolute atomic E-state index is 0.383. The minimum atomic E-state index is 0.383. The van der Waals surface area contributed by atoms with Gasteiger partial charge in [-0.05, 0) is 153 Å². The van der Waals surface area contributed by atoms with Crippen LogP contribution in [0.1, 0.15) is 0 Å². The molecular weight excluding hydrogens is 1380 g/mol. The molecule has 23 aromatic rings. The number of hydrogen-bond acceptors (Lipinski definition) is 7. The third-order valence-corrected chi connectivity index (χ3v) is 24.6. The van der Waals surface area contributed by atoms with Crippen LogP contribution in [-0.2, 0) is 0 Å². The molecule has 0 spiro atoms.